The Balaban J connectivity index is 2.00. The standard InChI is InChI=1S/C31H38FN3O5S/c1-5-7-20-33-31(37)24(4)34(21-25-10-8-9-11-29(25)32)30(36)22-35(26-14-12-23(3)13-15-26)41(38,39)28-18-16-27(17-19-28)40-6-2/h8-19,24H,5-7,20-22H2,1-4H3,(H,33,37)/t24-/m0/s1. The van der Waals surface area contributed by atoms with Crippen LogP contribution in [0.4, 0.5) is 10.1 Å². The lowest BCUT2D eigenvalue weighted by Crippen LogP contribution is -2.51. The van der Waals surface area contributed by atoms with Gasteiger partial charge in [-0.1, -0.05) is 49.2 Å². The topological polar surface area (TPSA) is 96.0 Å². The van der Waals surface area contributed by atoms with Gasteiger partial charge in [0.15, 0.2) is 0 Å². The first kappa shape index (κ1) is 31.6. The highest BCUT2D eigenvalue weighted by molar-refractivity contribution is 7.92. The fourth-order valence-corrected chi connectivity index (χ4v) is 5.58. The number of nitrogens with one attached hydrogen (secondary N) is 1. The molecule has 0 heterocycles. The summed E-state index contributed by atoms with van der Waals surface area (Å²) in [5.41, 5.74) is 1.41. The molecule has 0 aromatic heterocycles. The number of aryl methyl sites for hydroxylation is 1. The normalized spacial score (nSPS) is 11.9. The van der Waals surface area contributed by atoms with Gasteiger partial charge in [-0.15, -0.1) is 0 Å². The average Bonchev–Trinajstić information content (AvgIpc) is 2.96. The van der Waals surface area contributed by atoms with E-state index in [1.54, 1.807) is 49.4 Å². The molecule has 8 nitrogen and oxygen atoms in total. The third-order valence-corrected chi connectivity index (χ3v) is 8.41. The molecule has 0 aliphatic heterocycles. The number of anilines is 1. The Hall–Kier alpha value is -3.92. The van der Waals surface area contributed by atoms with Crippen LogP contribution in [-0.2, 0) is 26.2 Å². The second-order valence-corrected chi connectivity index (χ2v) is 11.5. The van der Waals surface area contributed by atoms with Crippen molar-refractivity contribution >= 4 is 27.5 Å². The summed E-state index contributed by atoms with van der Waals surface area (Å²) >= 11 is 0. The van der Waals surface area contributed by atoms with Crippen LogP contribution in [0.1, 0.15) is 44.7 Å². The van der Waals surface area contributed by atoms with Gasteiger partial charge in [-0.05, 0) is 69.7 Å². The highest BCUT2D eigenvalue weighted by Gasteiger charge is 2.32. The minimum atomic E-state index is -4.22. The largest absolute Gasteiger partial charge is 0.494 e. The van der Waals surface area contributed by atoms with Gasteiger partial charge in [0.25, 0.3) is 10.0 Å². The Morgan fingerprint density at radius 3 is 2.24 bits per heavy atom. The van der Waals surface area contributed by atoms with Crippen molar-refractivity contribution in [3.05, 3.63) is 89.7 Å². The number of carbonyl (C=O) groups excluding carboxylic acids is 2. The minimum absolute atomic E-state index is 0.0275. The van der Waals surface area contributed by atoms with Crippen LogP contribution in [-0.4, -0.2) is 50.9 Å². The number of carbonyl (C=O) groups is 2. The third kappa shape index (κ3) is 8.29. The zero-order valence-electron chi connectivity index (χ0n) is 24.0. The number of benzene rings is 3. The molecule has 10 heteroatoms. The molecule has 0 fully saturated rings. The van der Waals surface area contributed by atoms with E-state index in [0.29, 0.717) is 18.9 Å². The zero-order chi connectivity index (χ0) is 30.0. The molecule has 3 aromatic carbocycles. The average molecular weight is 584 g/mol. The van der Waals surface area contributed by atoms with E-state index in [2.05, 4.69) is 5.32 Å². The van der Waals surface area contributed by atoms with Gasteiger partial charge in [0, 0.05) is 18.7 Å². The van der Waals surface area contributed by atoms with Crippen LogP contribution in [0.15, 0.2) is 77.7 Å². The monoisotopic (exact) mass is 583 g/mol. The van der Waals surface area contributed by atoms with Crippen molar-refractivity contribution in [2.75, 3.05) is 24.0 Å². The summed E-state index contributed by atoms with van der Waals surface area (Å²) in [6.45, 7) is 7.30. The van der Waals surface area contributed by atoms with Gasteiger partial charge in [0.05, 0.1) is 17.2 Å². The highest BCUT2D eigenvalue weighted by Crippen LogP contribution is 2.26. The Bertz CT molecular complexity index is 1410. The van der Waals surface area contributed by atoms with Crippen molar-refractivity contribution in [1.82, 2.24) is 10.2 Å². The maximum absolute atomic E-state index is 14.6. The van der Waals surface area contributed by atoms with Crippen LogP contribution >= 0.6 is 0 Å². The van der Waals surface area contributed by atoms with E-state index in [9.17, 15) is 22.4 Å². The number of ether oxygens (including phenoxy) is 1. The number of hydrogen-bond acceptors (Lipinski definition) is 5. The maximum Gasteiger partial charge on any atom is 0.264 e. The number of halogens is 1. The molecular formula is C31H38FN3O5S. The lowest BCUT2D eigenvalue weighted by Gasteiger charge is -2.32. The molecule has 1 atom stereocenters. The zero-order valence-corrected chi connectivity index (χ0v) is 24.8. The van der Waals surface area contributed by atoms with E-state index in [-0.39, 0.29) is 22.7 Å². The Kier molecular flexibility index (Phi) is 11.3. The Morgan fingerprint density at radius 1 is 0.976 bits per heavy atom. The minimum Gasteiger partial charge on any atom is -0.494 e. The molecule has 3 rings (SSSR count). The van der Waals surface area contributed by atoms with E-state index in [4.69, 9.17) is 4.74 Å². The van der Waals surface area contributed by atoms with E-state index < -0.39 is 40.2 Å². The summed E-state index contributed by atoms with van der Waals surface area (Å²) < 4.78 is 48.9. The predicted octanol–water partition coefficient (Wildman–Crippen LogP) is 5.06. The van der Waals surface area contributed by atoms with Crippen LogP contribution in [0.3, 0.4) is 0 Å². The molecule has 0 spiro atoms. The van der Waals surface area contributed by atoms with Crippen LogP contribution in [0, 0.1) is 12.7 Å². The summed E-state index contributed by atoms with van der Waals surface area (Å²) in [5, 5.41) is 2.81. The quantitative estimate of drug-likeness (QED) is 0.268. The first-order valence-electron chi connectivity index (χ1n) is 13.7. The molecule has 0 saturated carbocycles. The number of sulfonamides is 1. The molecule has 3 aromatic rings. The number of unbranched alkanes of at least 4 members (excludes halogenated alkanes) is 1. The number of amides is 2. The van der Waals surface area contributed by atoms with E-state index in [1.165, 1.54) is 35.2 Å². The van der Waals surface area contributed by atoms with Gasteiger partial charge in [0.1, 0.15) is 24.2 Å². The molecule has 2 amide bonds. The van der Waals surface area contributed by atoms with E-state index in [1.807, 2.05) is 20.8 Å². The van der Waals surface area contributed by atoms with Gasteiger partial charge in [0.2, 0.25) is 11.8 Å². The lowest BCUT2D eigenvalue weighted by molar-refractivity contribution is -0.139. The Morgan fingerprint density at radius 2 is 1.63 bits per heavy atom. The van der Waals surface area contributed by atoms with Gasteiger partial charge in [-0.2, -0.15) is 0 Å². The third-order valence-electron chi connectivity index (χ3n) is 6.62. The SMILES string of the molecule is CCCCNC(=O)[C@H](C)N(Cc1ccccc1F)C(=O)CN(c1ccc(C)cc1)S(=O)(=O)c1ccc(OCC)cc1. The van der Waals surface area contributed by atoms with Crippen molar-refractivity contribution < 1.29 is 27.1 Å². The molecule has 0 saturated heterocycles. The summed E-state index contributed by atoms with van der Waals surface area (Å²) in [5.74, 6) is -1.06. The van der Waals surface area contributed by atoms with Gasteiger partial charge in [-0.3, -0.25) is 13.9 Å². The van der Waals surface area contributed by atoms with Crippen molar-refractivity contribution in [1.29, 1.82) is 0 Å². The maximum atomic E-state index is 14.6. The summed E-state index contributed by atoms with van der Waals surface area (Å²) in [4.78, 5) is 28.1. The molecule has 220 valence electrons. The van der Waals surface area contributed by atoms with E-state index in [0.717, 1.165) is 22.7 Å². The molecule has 1 N–H and O–H groups in total. The Labute approximate surface area is 242 Å². The molecule has 0 radical (unpaired) electrons. The predicted molar refractivity (Wildman–Crippen MR) is 158 cm³/mol. The van der Waals surface area contributed by atoms with Crippen molar-refractivity contribution in [3.63, 3.8) is 0 Å². The smallest absolute Gasteiger partial charge is 0.264 e. The van der Waals surface area contributed by atoms with Crippen molar-refractivity contribution in [3.8, 4) is 5.75 Å². The molecule has 41 heavy (non-hydrogen) atoms. The highest BCUT2D eigenvalue weighted by atomic mass is 32.2. The second-order valence-electron chi connectivity index (χ2n) is 9.69. The van der Waals surface area contributed by atoms with Crippen LogP contribution in [0.2, 0.25) is 0 Å². The molecule has 0 bridgehead atoms. The molecule has 0 aliphatic rings. The summed E-state index contributed by atoms with van der Waals surface area (Å²) in [6.07, 6.45) is 1.64. The summed E-state index contributed by atoms with van der Waals surface area (Å²) in [7, 11) is -4.22. The number of nitrogens with zero attached hydrogens (tertiary/aromatic N) is 2. The first-order chi connectivity index (χ1) is 19.6. The van der Waals surface area contributed by atoms with Crippen molar-refractivity contribution in [2.24, 2.45) is 0 Å². The number of rotatable bonds is 14. The van der Waals surface area contributed by atoms with Crippen LogP contribution in [0.5, 0.6) is 5.75 Å². The second kappa shape index (κ2) is 14.6. The van der Waals surface area contributed by atoms with Gasteiger partial charge < -0.3 is 15.0 Å². The van der Waals surface area contributed by atoms with Gasteiger partial charge in [-0.25, -0.2) is 12.8 Å². The van der Waals surface area contributed by atoms with Gasteiger partial charge >= 0.3 is 0 Å². The lowest BCUT2D eigenvalue weighted by atomic mass is 10.1. The van der Waals surface area contributed by atoms with E-state index >= 15 is 0 Å². The first-order valence-corrected chi connectivity index (χ1v) is 15.1. The fourth-order valence-electron chi connectivity index (χ4n) is 4.17. The summed E-state index contributed by atoms with van der Waals surface area (Å²) in [6, 6.07) is 17.7. The molecule has 0 aliphatic carbocycles. The molecule has 0 unspecified atom stereocenters. The van der Waals surface area contributed by atoms with Crippen LogP contribution in [0.25, 0.3) is 0 Å². The fraction of sp³-hybridized carbons (Fsp3) is 0.355. The molecular weight excluding hydrogens is 545 g/mol. The van der Waals surface area contributed by atoms with Crippen LogP contribution < -0.4 is 14.4 Å². The van der Waals surface area contributed by atoms with Crippen molar-refractivity contribution in [2.45, 2.75) is 58.0 Å². The number of hydrogen-bond donors (Lipinski definition) is 1.